The van der Waals surface area contributed by atoms with E-state index in [0.717, 1.165) is 38.4 Å². The lowest BCUT2D eigenvalue weighted by Gasteiger charge is -2.42. The molecule has 0 unspecified atom stereocenters. The third kappa shape index (κ3) is 5.71. The normalized spacial score (nSPS) is 16.6. The first-order chi connectivity index (χ1) is 15.5. The van der Waals surface area contributed by atoms with E-state index in [1.54, 1.807) is 4.90 Å². The number of nitrogens with zero attached hydrogens (tertiary/aromatic N) is 2. The van der Waals surface area contributed by atoms with Gasteiger partial charge in [-0.05, 0) is 91.0 Å². The Morgan fingerprint density at radius 3 is 2.18 bits per heavy atom. The van der Waals surface area contributed by atoms with Crippen LogP contribution in [-0.2, 0) is 17.3 Å². The Hall–Kier alpha value is -2.07. The van der Waals surface area contributed by atoms with Gasteiger partial charge in [0.25, 0.3) is 5.91 Å². The fraction of sp³-hybridized carbons (Fsp3) is 0.621. The SMILES string of the molecule is CCN(CC)CCCN(C)C(=O)c1ccc(Cc2cc3c(cc2C)C(C)(C)CCC3(C)C)o1. The number of hydrogen-bond acceptors (Lipinski definition) is 3. The topological polar surface area (TPSA) is 36.7 Å². The molecule has 2 aromatic rings. The minimum atomic E-state index is -0.0363. The van der Waals surface area contributed by atoms with Gasteiger partial charge in [0.05, 0.1) is 0 Å². The van der Waals surface area contributed by atoms with E-state index in [-0.39, 0.29) is 16.7 Å². The number of benzene rings is 1. The summed E-state index contributed by atoms with van der Waals surface area (Å²) in [6.07, 6.45) is 4.11. The molecule has 3 rings (SSSR count). The fourth-order valence-electron chi connectivity index (χ4n) is 5.09. The second-order valence-electron chi connectivity index (χ2n) is 11.1. The molecule has 4 nitrogen and oxygen atoms in total. The first-order valence-electron chi connectivity index (χ1n) is 12.7. The summed E-state index contributed by atoms with van der Waals surface area (Å²) in [5.74, 6) is 1.25. The molecular formula is C29H44N2O2. The molecule has 0 aliphatic heterocycles. The molecule has 0 fully saturated rings. The highest BCUT2D eigenvalue weighted by Crippen LogP contribution is 2.46. The second-order valence-corrected chi connectivity index (χ2v) is 11.1. The van der Waals surface area contributed by atoms with Crippen LogP contribution in [0, 0.1) is 6.92 Å². The maximum Gasteiger partial charge on any atom is 0.289 e. The molecule has 0 atom stereocenters. The summed E-state index contributed by atoms with van der Waals surface area (Å²) in [7, 11) is 1.87. The quantitative estimate of drug-likeness (QED) is 0.446. The van der Waals surface area contributed by atoms with Gasteiger partial charge in [-0.2, -0.15) is 0 Å². The van der Waals surface area contributed by atoms with Gasteiger partial charge in [0.1, 0.15) is 5.76 Å². The van der Waals surface area contributed by atoms with Crippen molar-refractivity contribution in [2.75, 3.05) is 33.2 Å². The summed E-state index contributed by atoms with van der Waals surface area (Å²) in [5, 5.41) is 0. The monoisotopic (exact) mass is 452 g/mol. The van der Waals surface area contributed by atoms with Crippen LogP contribution in [0.3, 0.4) is 0 Å². The minimum Gasteiger partial charge on any atom is -0.456 e. The number of furan rings is 1. The zero-order valence-corrected chi connectivity index (χ0v) is 22.2. The number of carbonyl (C=O) groups excluding carboxylic acids is 1. The lowest BCUT2D eigenvalue weighted by atomic mass is 9.62. The molecule has 0 N–H and O–H groups in total. The van der Waals surface area contributed by atoms with E-state index in [2.05, 4.69) is 65.5 Å². The van der Waals surface area contributed by atoms with Crippen LogP contribution >= 0.6 is 0 Å². The van der Waals surface area contributed by atoms with Crippen molar-refractivity contribution in [3.63, 3.8) is 0 Å². The molecule has 0 saturated heterocycles. The van der Waals surface area contributed by atoms with Gasteiger partial charge in [-0.15, -0.1) is 0 Å². The molecule has 1 aliphatic rings. The van der Waals surface area contributed by atoms with Crippen LogP contribution in [0.2, 0.25) is 0 Å². The summed E-state index contributed by atoms with van der Waals surface area (Å²) < 4.78 is 6.03. The van der Waals surface area contributed by atoms with Crippen molar-refractivity contribution >= 4 is 5.91 Å². The van der Waals surface area contributed by atoms with Gasteiger partial charge in [0.15, 0.2) is 5.76 Å². The van der Waals surface area contributed by atoms with E-state index in [1.807, 2.05) is 19.2 Å². The maximum absolute atomic E-state index is 12.9. The van der Waals surface area contributed by atoms with Crippen molar-refractivity contribution in [3.05, 3.63) is 58.0 Å². The average molecular weight is 453 g/mol. The molecule has 33 heavy (non-hydrogen) atoms. The Bertz CT molecular complexity index is 966. The highest BCUT2D eigenvalue weighted by Gasteiger charge is 2.37. The Kier molecular flexibility index (Phi) is 7.78. The van der Waals surface area contributed by atoms with Crippen molar-refractivity contribution in [1.82, 2.24) is 9.80 Å². The molecule has 0 bridgehead atoms. The summed E-state index contributed by atoms with van der Waals surface area (Å²) in [5.41, 5.74) is 5.95. The van der Waals surface area contributed by atoms with Crippen molar-refractivity contribution < 1.29 is 9.21 Å². The summed E-state index contributed by atoms with van der Waals surface area (Å²) in [4.78, 5) is 17.0. The van der Waals surface area contributed by atoms with Crippen LogP contribution in [0.25, 0.3) is 0 Å². The zero-order chi connectivity index (χ0) is 24.4. The maximum atomic E-state index is 12.9. The first-order valence-corrected chi connectivity index (χ1v) is 12.7. The van der Waals surface area contributed by atoms with Crippen molar-refractivity contribution in [2.45, 2.75) is 85.0 Å². The Labute approximate surface area is 201 Å². The van der Waals surface area contributed by atoms with Gasteiger partial charge in [-0.25, -0.2) is 0 Å². The molecular weight excluding hydrogens is 408 g/mol. The van der Waals surface area contributed by atoms with Crippen molar-refractivity contribution in [2.24, 2.45) is 0 Å². The van der Waals surface area contributed by atoms with E-state index < -0.39 is 0 Å². The van der Waals surface area contributed by atoms with Crippen LogP contribution in [0.15, 0.2) is 28.7 Å². The number of rotatable bonds is 9. The molecule has 0 spiro atoms. The average Bonchev–Trinajstić information content (AvgIpc) is 3.23. The molecule has 0 radical (unpaired) electrons. The lowest BCUT2D eigenvalue weighted by molar-refractivity contribution is 0.0756. The van der Waals surface area contributed by atoms with E-state index in [4.69, 9.17) is 4.42 Å². The highest BCUT2D eigenvalue weighted by molar-refractivity contribution is 5.91. The predicted molar refractivity (Wildman–Crippen MR) is 137 cm³/mol. The Morgan fingerprint density at radius 2 is 1.58 bits per heavy atom. The number of aryl methyl sites for hydroxylation is 1. The van der Waals surface area contributed by atoms with Gasteiger partial charge < -0.3 is 14.2 Å². The van der Waals surface area contributed by atoms with Crippen LogP contribution in [0.5, 0.6) is 0 Å². The predicted octanol–water partition coefficient (Wildman–Crippen LogP) is 6.33. The lowest BCUT2D eigenvalue weighted by Crippen LogP contribution is -2.34. The smallest absolute Gasteiger partial charge is 0.289 e. The highest BCUT2D eigenvalue weighted by atomic mass is 16.4. The van der Waals surface area contributed by atoms with Crippen LogP contribution < -0.4 is 0 Å². The number of hydrogen-bond donors (Lipinski definition) is 0. The minimum absolute atomic E-state index is 0.0363. The van der Waals surface area contributed by atoms with Gasteiger partial charge in [-0.3, -0.25) is 4.79 Å². The van der Waals surface area contributed by atoms with E-state index in [1.165, 1.54) is 35.1 Å². The van der Waals surface area contributed by atoms with Crippen molar-refractivity contribution in [3.8, 4) is 0 Å². The van der Waals surface area contributed by atoms with Gasteiger partial charge >= 0.3 is 0 Å². The molecule has 1 aromatic heterocycles. The summed E-state index contributed by atoms with van der Waals surface area (Å²) >= 11 is 0. The molecule has 1 heterocycles. The molecule has 4 heteroatoms. The second kappa shape index (κ2) is 10.0. The fourth-order valence-corrected chi connectivity index (χ4v) is 5.09. The number of fused-ring (bicyclic) bond motifs is 1. The largest absolute Gasteiger partial charge is 0.456 e. The van der Waals surface area contributed by atoms with Gasteiger partial charge in [0, 0.05) is 20.0 Å². The van der Waals surface area contributed by atoms with Crippen molar-refractivity contribution in [1.29, 1.82) is 0 Å². The summed E-state index contributed by atoms with van der Waals surface area (Å²) in [6.45, 7) is 19.8. The van der Waals surface area contributed by atoms with Gasteiger partial charge in [-0.1, -0.05) is 53.7 Å². The molecule has 0 saturated carbocycles. The van der Waals surface area contributed by atoms with Gasteiger partial charge in [0.2, 0.25) is 0 Å². The Balaban J connectivity index is 1.71. The molecule has 1 amide bonds. The van der Waals surface area contributed by atoms with E-state index in [0.29, 0.717) is 12.2 Å². The Morgan fingerprint density at radius 1 is 0.970 bits per heavy atom. The number of amides is 1. The third-order valence-electron chi connectivity index (χ3n) is 7.76. The van der Waals surface area contributed by atoms with Crippen LogP contribution in [0.4, 0.5) is 0 Å². The molecule has 1 aliphatic carbocycles. The third-order valence-corrected chi connectivity index (χ3v) is 7.76. The summed E-state index contributed by atoms with van der Waals surface area (Å²) in [6, 6.07) is 8.59. The van der Waals surface area contributed by atoms with E-state index in [9.17, 15) is 4.79 Å². The standard InChI is InChI=1S/C29H44N2O2/c1-9-31(10-2)17-11-16-30(8)27(32)26-13-12-23(33-26)19-22-20-25-24(18-21(22)3)28(4,5)14-15-29(25,6)7/h12-13,18,20H,9-11,14-17,19H2,1-8H3. The van der Waals surface area contributed by atoms with E-state index >= 15 is 0 Å². The number of carbonyl (C=O) groups is 1. The zero-order valence-electron chi connectivity index (χ0n) is 22.2. The van der Waals surface area contributed by atoms with Crippen LogP contribution in [0.1, 0.15) is 99.4 Å². The molecule has 182 valence electrons. The van der Waals surface area contributed by atoms with Crippen LogP contribution in [-0.4, -0.2) is 48.9 Å². The first kappa shape index (κ1) is 25.6. The molecule has 1 aromatic carbocycles.